The van der Waals surface area contributed by atoms with Crippen LogP contribution < -0.4 is 0 Å². The van der Waals surface area contributed by atoms with E-state index in [0.29, 0.717) is 13.0 Å². The van der Waals surface area contributed by atoms with Crippen LogP contribution in [0.4, 0.5) is 0 Å². The van der Waals surface area contributed by atoms with E-state index >= 15 is 0 Å². The Morgan fingerprint density at radius 1 is 1.22 bits per heavy atom. The van der Waals surface area contributed by atoms with Gasteiger partial charge in [-0.15, -0.1) is 0 Å². The minimum Gasteiger partial charge on any atom is -0.390 e. The van der Waals surface area contributed by atoms with E-state index in [1.165, 1.54) is 0 Å². The Bertz CT molecular complexity index is 85.0. The summed E-state index contributed by atoms with van der Waals surface area (Å²) < 4.78 is 4.61. The number of hydrogen-bond acceptors (Lipinski definition) is 4. The molecule has 4 heteroatoms. The maximum Gasteiger partial charge on any atom is 0.183 e. The molecule has 1 aliphatic rings. The second kappa shape index (κ2) is 2.62. The molecular formula is C5H10O4. The van der Waals surface area contributed by atoms with Crippen molar-refractivity contribution in [1.29, 1.82) is 0 Å². The molecule has 0 amide bonds. The van der Waals surface area contributed by atoms with Gasteiger partial charge in [-0.25, -0.2) is 0 Å². The molecule has 0 radical (unpaired) electrons. The third kappa shape index (κ3) is 1.40. The predicted molar refractivity (Wildman–Crippen MR) is 28.6 cm³/mol. The molecule has 1 fully saturated rings. The van der Waals surface area contributed by atoms with Gasteiger partial charge in [0.15, 0.2) is 6.29 Å². The average molecular weight is 134 g/mol. The van der Waals surface area contributed by atoms with E-state index in [4.69, 9.17) is 15.3 Å². The van der Waals surface area contributed by atoms with Gasteiger partial charge in [-0.3, -0.25) is 0 Å². The van der Waals surface area contributed by atoms with Crippen LogP contribution in [0.2, 0.25) is 0 Å². The van der Waals surface area contributed by atoms with E-state index in [1.807, 2.05) is 0 Å². The van der Waals surface area contributed by atoms with Crippen molar-refractivity contribution < 1.29 is 20.1 Å². The lowest BCUT2D eigenvalue weighted by molar-refractivity contribution is -0.219. The number of rotatable bonds is 0. The number of aliphatic hydroxyl groups excluding tert-OH is 3. The van der Waals surface area contributed by atoms with Crippen LogP contribution in [0.25, 0.3) is 0 Å². The summed E-state index contributed by atoms with van der Waals surface area (Å²) in [5.41, 5.74) is 0. The first kappa shape index (κ1) is 6.95. The first-order chi connectivity index (χ1) is 4.22. The molecule has 0 spiro atoms. The zero-order valence-corrected chi connectivity index (χ0v) is 4.90. The van der Waals surface area contributed by atoms with Crippen LogP contribution in [-0.4, -0.2) is 40.4 Å². The van der Waals surface area contributed by atoms with Gasteiger partial charge >= 0.3 is 0 Å². The van der Waals surface area contributed by atoms with Crippen molar-refractivity contribution in [2.45, 2.75) is 24.9 Å². The molecule has 1 heterocycles. The van der Waals surface area contributed by atoms with Gasteiger partial charge in [-0.2, -0.15) is 0 Å². The normalized spacial score (nSPS) is 45.0. The Kier molecular flexibility index (Phi) is 2.02. The SMILES string of the molecule is O[C@@H]1[C@H](O)OCC[C@@H]1O. The average Bonchev–Trinajstić information content (AvgIpc) is 1.83. The molecule has 0 unspecified atom stereocenters. The topological polar surface area (TPSA) is 69.9 Å². The van der Waals surface area contributed by atoms with Crippen LogP contribution in [0.5, 0.6) is 0 Å². The zero-order chi connectivity index (χ0) is 6.85. The summed E-state index contributed by atoms with van der Waals surface area (Å²) in [5, 5.41) is 26.4. The Morgan fingerprint density at radius 3 is 2.33 bits per heavy atom. The predicted octanol–water partition coefficient (Wildman–Crippen LogP) is -1.55. The number of hydrogen-bond donors (Lipinski definition) is 3. The van der Waals surface area contributed by atoms with Crippen molar-refractivity contribution in [3.8, 4) is 0 Å². The largest absolute Gasteiger partial charge is 0.390 e. The standard InChI is InChI=1S/C5H10O4/c6-3-1-2-9-5(8)4(3)7/h3-8H,1-2H2/t3-,4-,5+/m0/s1. The fourth-order valence-corrected chi connectivity index (χ4v) is 0.769. The molecule has 3 N–H and O–H groups in total. The van der Waals surface area contributed by atoms with Crippen LogP contribution >= 0.6 is 0 Å². The Labute approximate surface area is 52.7 Å². The summed E-state index contributed by atoms with van der Waals surface area (Å²) in [5.74, 6) is 0. The second-order valence-corrected chi connectivity index (χ2v) is 2.11. The summed E-state index contributed by atoms with van der Waals surface area (Å²) in [6.45, 7) is 0.305. The first-order valence-corrected chi connectivity index (χ1v) is 2.87. The van der Waals surface area contributed by atoms with Gasteiger partial charge in [0.05, 0.1) is 12.7 Å². The molecule has 0 aromatic carbocycles. The lowest BCUT2D eigenvalue weighted by Crippen LogP contribution is -2.44. The zero-order valence-electron chi connectivity index (χ0n) is 4.90. The van der Waals surface area contributed by atoms with E-state index in [2.05, 4.69) is 4.74 Å². The van der Waals surface area contributed by atoms with Gasteiger partial charge < -0.3 is 20.1 Å². The highest BCUT2D eigenvalue weighted by molar-refractivity contribution is 4.73. The highest BCUT2D eigenvalue weighted by Gasteiger charge is 2.29. The van der Waals surface area contributed by atoms with Crippen LogP contribution in [0.1, 0.15) is 6.42 Å². The van der Waals surface area contributed by atoms with Crippen LogP contribution in [0, 0.1) is 0 Å². The summed E-state index contributed by atoms with van der Waals surface area (Å²) >= 11 is 0. The van der Waals surface area contributed by atoms with Crippen molar-refractivity contribution in [1.82, 2.24) is 0 Å². The minimum absolute atomic E-state index is 0.305. The van der Waals surface area contributed by atoms with E-state index in [1.54, 1.807) is 0 Å². The molecule has 9 heavy (non-hydrogen) atoms. The number of ether oxygens (including phenoxy) is 1. The van der Waals surface area contributed by atoms with Crippen molar-refractivity contribution in [2.75, 3.05) is 6.61 Å². The summed E-state index contributed by atoms with van der Waals surface area (Å²) in [7, 11) is 0. The Morgan fingerprint density at radius 2 is 1.89 bits per heavy atom. The van der Waals surface area contributed by atoms with Crippen LogP contribution in [-0.2, 0) is 4.74 Å². The molecule has 0 saturated carbocycles. The summed E-state index contributed by atoms with van der Waals surface area (Å²) in [6, 6.07) is 0. The fraction of sp³-hybridized carbons (Fsp3) is 1.00. The molecule has 3 atom stereocenters. The van der Waals surface area contributed by atoms with Gasteiger partial charge in [0.25, 0.3) is 0 Å². The second-order valence-electron chi connectivity index (χ2n) is 2.11. The van der Waals surface area contributed by atoms with Crippen molar-refractivity contribution in [2.24, 2.45) is 0 Å². The molecule has 0 aromatic heterocycles. The van der Waals surface area contributed by atoms with E-state index in [0.717, 1.165) is 0 Å². The molecule has 4 nitrogen and oxygen atoms in total. The molecular weight excluding hydrogens is 124 g/mol. The first-order valence-electron chi connectivity index (χ1n) is 2.87. The maximum atomic E-state index is 8.86. The van der Waals surface area contributed by atoms with Crippen LogP contribution in [0.15, 0.2) is 0 Å². The third-order valence-electron chi connectivity index (χ3n) is 1.39. The fourth-order valence-electron chi connectivity index (χ4n) is 0.769. The van der Waals surface area contributed by atoms with Gasteiger partial charge in [0.1, 0.15) is 6.10 Å². The quantitative estimate of drug-likeness (QED) is 0.375. The highest BCUT2D eigenvalue weighted by Crippen LogP contribution is 2.11. The van der Waals surface area contributed by atoms with Gasteiger partial charge in [0.2, 0.25) is 0 Å². The Balaban J connectivity index is 2.41. The highest BCUT2D eigenvalue weighted by atomic mass is 16.6. The van der Waals surface area contributed by atoms with Gasteiger partial charge in [-0.05, 0) is 6.42 Å². The van der Waals surface area contributed by atoms with E-state index in [9.17, 15) is 0 Å². The minimum atomic E-state index is -1.21. The monoisotopic (exact) mass is 134 g/mol. The molecule has 54 valence electrons. The van der Waals surface area contributed by atoms with Gasteiger partial charge in [0, 0.05) is 0 Å². The summed E-state index contributed by atoms with van der Waals surface area (Å²) in [4.78, 5) is 0. The molecule has 0 aromatic rings. The van der Waals surface area contributed by atoms with Crippen LogP contribution in [0.3, 0.4) is 0 Å². The molecule has 0 aliphatic carbocycles. The summed E-state index contributed by atoms with van der Waals surface area (Å²) in [6.07, 6.45) is -2.81. The van der Waals surface area contributed by atoms with E-state index in [-0.39, 0.29) is 0 Å². The lowest BCUT2D eigenvalue weighted by Gasteiger charge is -2.27. The molecule has 1 saturated heterocycles. The molecule has 1 aliphatic heterocycles. The molecule has 0 bridgehead atoms. The van der Waals surface area contributed by atoms with Crippen molar-refractivity contribution >= 4 is 0 Å². The third-order valence-corrected chi connectivity index (χ3v) is 1.39. The lowest BCUT2D eigenvalue weighted by atomic mass is 10.1. The number of aliphatic hydroxyl groups is 3. The Hall–Kier alpha value is -0.160. The maximum absolute atomic E-state index is 8.86. The smallest absolute Gasteiger partial charge is 0.183 e. The van der Waals surface area contributed by atoms with Crippen molar-refractivity contribution in [3.63, 3.8) is 0 Å². The van der Waals surface area contributed by atoms with Gasteiger partial charge in [-0.1, -0.05) is 0 Å². The van der Waals surface area contributed by atoms with E-state index < -0.39 is 18.5 Å². The molecule has 1 rings (SSSR count). The van der Waals surface area contributed by atoms with Crippen molar-refractivity contribution in [3.05, 3.63) is 0 Å².